The van der Waals surface area contributed by atoms with Crippen molar-refractivity contribution in [2.45, 2.75) is 26.7 Å². The average molecular weight is 210 g/mol. The summed E-state index contributed by atoms with van der Waals surface area (Å²) in [6.45, 7) is 10.5. The molecule has 0 bridgehead atoms. The Labute approximate surface area is 92.7 Å². The summed E-state index contributed by atoms with van der Waals surface area (Å²) in [6.07, 6.45) is 2.26. The van der Waals surface area contributed by atoms with E-state index in [1.807, 2.05) is 18.9 Å². The van der Waals surface area contributed by atoms with Crippen LogP contribution in [0, 0.1) is 5.92 Å². The van der Waals surface area contributed by atoms with Crippen LogP contribution in [0.15, 0.2) is 12.2 Å². The van der Waals surface area contributed by atoms with Crippen molar-refractivity contribution < 1.29 is 4.79 Å². The Morgan fingerprint density at radius 2 is 2.00 bits per heavy atom. The highest BCUT2D eigenvalue weighted by molar-refractivity contribution is 5.74. The number of nitrogens with zero attached hydrogens (tertiary/aromatic N) is 2. The molecular weight excluding hydrogens is 188 g/mol. The zero-order valence-electron chi connectivity index (χ0n) is 10.1. The average Bonchev–Trinajstić information content (AvgIpc) is 2.17. The van der Waals surface area contributed by atoms with Gasteiger partial charge in [0.2, 0.25) is 0 Å². The minimum atomic E-state index is 0.143. The molecule has 1 rings (SSSR count). The van der Waals surface area contributed by atoms with Gasteiger partial charge in [-0.3, -0.25) is 0 Å². The third-order valence-corrected chi connectivity index (χ3v) is 2.89. The number of carbonyl (C=O) groups excluding carboxylic acids is 1. The van der Waals surface area contributed by atoms with Crippen LogP contribution in [-0.2, 0) is 0 Å². The summed E-state index contributed by atoms with van der Waals surface area (Å²) in [4.78, 5) is 15.6. The molecule has 0 atom stereocenters. The number of likely N-dealkylation sites (tertiary alicyclic amines) is 1. The third kappa shape index (κ3) is 3.57. The van der Waals surface area contributed by atoms with E-state index in [2.05, 4.69) is 13.5 Å². The van der Waals surface area contributed by atoms with E-state index in [1.54, 1.807) is 4.90 Å². The second-order valence-corrected chi connectivity index (χ2v) is 4.77. The highest BCUT2D eigenvalue weighted by Crippen LogP contribution is 2.17. The van der Waals surface area contributed by atoms with Crippen molar-refractivity contribution in [3.8, 4) is 0 Å². The van der Waals surface area contributed by atoms with Gasteiger partial charge >= 0.3 is 6.03 Å². The molecule has 0 aromatic carbocycles. The van der Waals surface area contributed by atoms with Crippen LogP contribution in [0.25, 0.3) is 0 Å². The molecule has 1 aliphatic heterocycles. The fourth-order valence-corrected chi connectivity index (χ4v) is 1.91. The minimum Gasteiger partial charge on any atom is -0.325 e. The molecule has 1 heterocycles. The van der Waals surface area contributed by atoms with Crippen LogP contribution in [0.5, 0.6) is 0 Å². The molecule has 1 aliphatic rings. The van der Waals surface area contributed by atoms with E-state index in [0.29, 0.717) is 6.54 Å². The van der Waals surface area contributed by atoms with E-state index in [9.17, 15) is 4.79 Å². The molecule has 1 saturated heterocycles. The number of hydrogen-bond donors (Lipinski definition) is 0. The standard InChI is InChI=1S/C12H22N2O/c1-10(2)9-13(4)12(15)14-7-5-11(3)6-8-14/h11H,1,5-9H2,2-4H3. The molecule has 0 radical (unpaired) electrons. The molecule has 0 N–H and O–H groups in total. The molecule has 86 valence electrons. The van der Waals surface area contributed by atoms with Gasteiger partial charge in [0, 0.05) is 26.7 Å². The highest BCUT2D eigenvalue weighted by atomic mass is 16.2. The van der Waals surface area contributed by atoms with Crippen LogP contribution in [0.4, 0.5) is 4.79 Å². The van der Waals surface area contributed by atoms with Crippen molar-refractivity contribution in [1.82, 2.24) is 9.80 Å². The number of likely N-dealkylation sites (N-methyl/N-ethyl adjacent to an activating group) is 1. The smallest absolute Gasteiger partial charge is 0.320 e. The Bertz CT molecular complexity index is 242. The van der Waals surface area contributed by atoms with Crippen LogP contribution in [0.3, 0.4) is 0 Å². The molecule has 15 heavy (non-hydrogen) atoms. The summed E-state index contributed by atoms with van der Waals surface area (Å²) in [5.41, 5.74) is 1.02. The van der Waals surface area contributed by atoms with Crippen molar-refractivity contribution in [1.29, 1.82) is 0 Å². The predicted octanol–water partition coefficient (Wildman–Crippen LogP) is 2.35. The molecule has 3 heteroatoms. The zero-order chi connectivity index (χ0) is 11.4. The van der Waals surface area contributed by atoms with Gasteiger partial charge < -0.3 is 9.80 Å². The van der Waals surface area contributed by atoms with Crippen LogP contribution in [0.2, 0.25) is 0 Å². The Morgan fingerprint density at radius 1 is 1.47 bits per heavy atom. The highest BCUT2D eigenvalue weighted by Gasteiger charge is 2.22. The lowest BCUT2D eigenvalue weighted by atomic mass is 10.00. The lowest BCUT2D eigenvalue weighted by molar-refractivity contribution is 0.146. The van der Waals surface area contributed by atoms with Gasteiger partial charge in [-0.2, -0.15) is 0 Å². The van der Waals surface area contributed by atoms with Crippen LogP contribution in [0.1, 0.15) is 26.7 Å². The van der Waals surface area contributed by atoms with Gasteiger partial charge in [0.1, 0.15) is 0 Å². The van der Waals surface area contributed by atoms with Crippen LogP contribution >= 0.6 is 0 Å². The first-order valence-electron chi connectivity index (χ1n) is 5.65. The molecular formula is C12H22N2O. The number of hydrogen-bond acceptors (Lipinski definition) is 1. The van der Waals surface area contributed by atoms with E-state index < -0.39 is 0 Å². The second kappa shape index (κ2) is 5.19. The number of urea groups is 1. The normalized spacial score (nSPS) is 17.7. The summed E-state index contributed by atoms with van der Waals surface area (Å²) in [5.74, 6) is 0.764. The van der Waals surface area contributed by atoms with Crippen molar-refractivity contribution >= 4 is 6.03 Å². The van der Waals surface area contributed by atoms with Crippen molar-refractivity contribution in [3.05, 3.63) is 12.2 Å². The van der Waals surface area contributed by atoms with E-state index in [4.69, 9.17) is 0 Å². The third-order valence-electron chi connectivity index (χ3n) is 2.89. The summed E-state index contributed by atoms with van der Waals surface area (Å²) in [6, 6.07) is 0.143. The quantitative estimate of drug-likeness (QED) is 0.642. The summed E-state index contributed by atoms with van der Waals surface area (Å²) >= 11 is 0. The van der Waals surface area contributed by atoms with Gasteiger partial charge in [-0.15, -0.1) is 0 Å². The largest absolute Gasteiger partial charge is 0.325 e. The summed E-state index contributed by atoms with van der Waals surface area (Å²) in [5, 5.41) is 0. The number of carbonyl (C=O) groups is 1. The lowest BCUT2D eigenvalue weighted by Crippen LogP contribution is -2.45. The van der Waals surface area contributed by atoms with Crippen molar-refractivity contribution in [2.24, 2.45) is 5.92 Å². The first-order chi connectivity index (χ1) is 7.00. The van der Waals surface area contributed by atoms with E-state index >= 15 is 0 Å². The molecule has 0 spiro atoms. The molecule has 0 saturated carbocycles. The number of amides is 2. The molecule has 3 nitrogen and oxygen atoms in total. The van der Waals surface area contributed by atoms with Crippen molar-refractivity contribution in [3.63, 3.8) is 0 Å². The number of rotatable bonds is 2. The summed E-state index contributed by atoms with van der Waals surface area (Å²) < 4.78 is 0. The lowest BCUT2D eigenvalue weighted by Gasteiger charge is -2.33. The molecule has 0 aromatic heterocycles. The topological polar surface area (TPSA) is 23.6 Å². The summed E-state index contributed by atoms with van der Waals surface area (Å²) in [7, 11) is 1.84. The monoisotopic (exact) mass is 210 g/mol. The van der Waals surface area contributed by atoms with Gasteiger partial charge in [0.25, 0.3) is 0 Å². The molecule has 0 unspecified atom stereocenters. The van der Waals surface area contributed by atoms with E-state index in [0.717, 1.165) is 37.4 Å². The Morgan fingerprint density at radius 3 is 2.47 bits per heavy atom. The Kier molecular flexibility index (Phi) is 4.18. The molecule has 2 amide bonds. The number of piperidine rings is 1. The van der Waals surface area contributed by atoms with E-state index in [-0.39, 0.29) is 6.03 Å². The van der Waals surface area contributed by atoms with Crippen molar-refractivity contribution in [2.75, 3.05) is 26.7 Å². The molecule has 0 aromatic rings. The minimum absolute atomic E-state index is 0.143. The molecule has 1 fully saturated rings. The second-order valence-electron chi connectivity index (χ2n) is 4.77. The zero-order valence-corrected chi connectivity index (χ0v) is 10.1. The van der Waals surface area contributed by atoms with Crippen LogP contribution in [-0.4, -0.2) is 42.5 Å². The SMILES string of the molecule is C=C(C)CN(C)C(=O)N1CCC(C)CC1. The first kappa shape index (κ1) is 12.1. The first-order valence-corrected chi connectivity index (χ1v) is 5.65. The molecule has 0 aliphatic carbocycles. The maximum absolute atomic E-state index is 12.0. The fraction of sp³-hybridized carbons (Fsp3) is 0.750. The fourth-order valence-electron chi connectivity index (χ4n) is 1.91. The predicted molar refractivity (Wildman–Crippen MR) is 62.8 cm³/mol. The van der Waals surface area contributed by atoms with Gasteiger partial charge in [0.15, 0.2) is 0 Å². The Balaban J connectivity index is 2.42. The van der Waals surface area contributed by atoms with Gasteiger partial charge in [-0.05, 0) is 25.7 Å². The van der Waals surface area contributed by atoms with Gasteiger partial charge in [0.05, 0.1) is 0 Å². The maximum Gasteiger partial charge on any atom is 0.320 e. The Hall–Kier alpha value is -0.990. The van der Waals surface area contributed by atoms with Crippen LogP contribution < -0.4 is 0 Å². The van der Waals surface area contributed by atoms with Gasteiger partial charge in [-0.25, -0.2) is 4.79 Å². The van der Waals surface area contributed by atoms with E-state index in [1.165, 1.54) is 0 Å². The van der Waals surface area contributed by atoms with Gasteiger partial charge in [-0.1, -0.05) is 19.1 Å². The maximum atomic E-state index is 12.0.